The molecule has 2 aromatic heterocycles. The van der Waals surface area contributed by atoms with Crippen molar-refractivity contribution in [1.29, 1.82) is 0 Å². The van der Waals surface area contributed by atoms with Crippen molar-refractivity contribution < 1.29 is 9.18 Å². The molecule has 0 spiro atoms. The number of aryl methyl sites for hydroxylation is 1. The Kier molecular flexibility index (Phi) is 5.16. The van der Waals surface area contributed by atoms with Gasteiger partial charge in [0.1, 0.15) is 11.4 Å². The third-order valence-electron chi connectivity index (χ3n) is 4.24. The highest BCUT2D eigenvalue weighted by molar-refractivity contribution is 5.93. The molecule has 1 N–H and O–H groups in total. The third kappa shape index (κ3) is 3.51. The Morgan fingerprint density at radius 1 is 1.35 bits per heavy atom. The van der Waals surface area contributed by atoms with Crippen molar-refractivity contribution in [3.8, 4) is 0 Å². The zero-order chi connectivity index (χ0) is 18.7. The van der Waals surface area contributed by atoms with Gasteiger partial charge in [0.2, 0.25) is 0 Å². The van der Waals surface area contributed by atoms with Gasteiger partial charge in [-0.25, -0.2) is 13.9 Å². The Hall–Kier alpha value is -2.96. The van der Waals surface area contributed by atoms with Crippen molar-refractivity contribution in [3.05, 3.63) is 69.5 Å². The van der Waals surface area contributed by atoms with Gasteiger partial charge in [-0.15, -0.1) is 0 Å². The van der Waals surface area contributed by atoms with Gasteiger partial charge in [0.05, 0.1) is 0 Å². The molecule has 1 amide bonds. The molecule has 1 aromatic carbocycles. The number of amides is 1. The molecule has 0 bridgehead atoms. The molecule has 0 saturated carbocycles. The maximum absolute atomic E-state index is 14.0. The number of carbonyl (C=O) groups excluding carboxylic acids is 1. The summed E-state index contributed by atoms with van der Waals surface area (Å²) in [6.45, 7) is 4.37. The molecule has 26 heavy (non-hydrogen) atoms. The third-order valence-corrected chi connectivity index (χ3v) is 4.24. The fraction of sp³-hybridized carbons (Fsp3) is 0.316. The highest BCUT2D eigenvalue weighted by atomic mass is 19.1. The van der Waals surface area contributed by atoms with Gasteiger partial charge in [-0.3, -0.25) is 14.7 Å². The Morgan fingerprint density at radius 2 is 2.12 bits per heavy atom. The van der Waals surface area contributed by atoms with E-state index in [0.29, 0.717) is 17.8 Å². The molecule has 2 heterocycles. The topological polar surface area (TPSA) is 70.5 Å². The van der Waals surface area contributed by atoms with E-state index in [-0.39, 0.29) is 17.9 Å². The van der Waals surface area contributed by atoms with Crippen molar-refractivity contribution in [2.45, 2.75) is 33.2 Å². The Morgan fingerprint density at radius 3 is 2.85 bits per heavy atom. The minimum atomic E-state index is -0.455. The maximum Gasteiger partial charge on any atom is 0.285 e. The first kappa shape index (κ1) is 17.8. The minimum absolute atomic E-state index is 0.0307. The lowest BCUT2D eigenvalue weighted by molar-refractivity contribution is 0.0736. The standard InChI is InChI=1S/C19H21FN4O2/c1-3-4-9-23(12-14-7-5-6-8-16(14)20)18(25)15-11-21-17-10-13(2)22-24(17)19(15)26/h5-8,10-11,22H,3-4,9,12H2,1-2H3. The van der Waals surface area contributed by atoms with E-state index in [1.165, 1.54) is 21.7 Å². The lowest BCUT2D eigenvalue weighted by atomic mass is 10.1. The molecule has 7 heteroatoms. The van der Waals surface area contributed by atoms with Crippen molar-refractivity contribution in [1.82, 2.24) is 19.5 Å². The van der Waals surface area contributed by atoms with Gasteiger partial charge in [0.25, 0.3) is 11.5 Å². The van der Waals surface area contributed by atoms with E-state index in [1.807, 2.05) is 6.92 Å². The number of carbonyl (C=O) groups is 1. The van der Waals surface area contributed by atoms with Gasteiger partial charge in [-0.1, -0.05) is 31.5 Å². The summed E-state index contributed by atoms with van der Waals surface area (Å²) < 4.78 is 15.3. The zero-order valence-corrected chi connectivity index (χ0v) is 14.8. The van der Waals surface area contributed by atoms with Crippen LogP contribution in [0.1, 0.15) is 41.4 Å². The molecule has 3 aromatic rings. The first-order chi connectivity index (χ1) is 12.5. The SMILES string of the molecule is CCCCN(Cc1ccccc1F)C(=O)c1cnc2cc(C)[nH]n2c1=O. The molecule has 0 unspecified atom stereocenters. The molecule has 3 rings (SSSR count). The van der Waals surface area contributed by atoms with Crippen LogP contribution in [0.3, 0.4) is 0 Å². The van der Waals surface area contributed by atoms with E-state index < -0.39 is 11.5 Å². The number of nitrogens with zero attached hydrogens (tertiary/aromatic N) is 3. The van der Waals surface area contributed by atoms with Gasteiger partial charge in [-0.2, -0.15) is 0 Å². The van der Waals surface area contributed by atoms with Gasteiger partial charge in [0.15, 0.2) is 5.65 Å². The van der Waals surface area contributed by atoms with Crippen LogP contribution in [-0.4, -0.2) is 31.9 Å². The quantitative estimate of drug-likeness (QED) is 0.738. The van der Waals surface area contributed by atoms with E-state index in [9.17, 15) is 14.0 Å². The maximum atomic E-state index is 14.0. The van der Waals surface area contributed by atoms with Gasteiger partial charge >= 0.3 is 0 Å². The lowest BCUT2D eigenvalue weighted by Gasteiger charge is -2.22. The predicted molar refractivity (Wildman–Crippen MR) is 96.6 cm³/mol. The molecule has 0 aliphatic rings. The summed E-state index contributed by atoms with van der Waals surface area (Å²) in [6.07, 6.45) is 2.94. The fourth-order valence-electron chi connectivity index (χ4n) is 2.83. The normalized spacial score (nSPS) is 11.0. The smallest absolute Gasteiger partial charge is 0.285 e. The number of nitrogens with one attached hydrogen (secondary N) is 1. The first-order valence-electron chi connectivity index (χ1n) is 8.61. The number of benzene rings is 1. The lowest BCUT2D eigenvalue weighted by Crippen LogP contribution is -2.36. The summed E-state index contributed by atoms with van der Waals surface area (Å²) in [7, 11) is 0. The number of hydrogen-bond acceptors (Lipinski definition) is 3. The molecule has 0 aliphatic carbocycles. The van der Waals surface area contributed by atoms with Crippen molar-refractivity contribution in [3.63, 3.8) is 0 Å². The molecule has 0 atom stereocenters. The van der Waals surface area contributed by atoms with E-state index in [4.69, 9.17) is 0 Å². The number of hydrogen-bond donors (Lipinski definition) is 1. The average molecular weight is 356 g/mol. The van der Waals surface area contributed by atoms with E-state index in [0.717, 1.165) is 18.5 Å². The van der Waals surface area contributed by atoms with E-state index in [1.54, 1.807) is 31.2 Å². The molecular weight excluding hydrogens is 335 g/mol. The minimum Gasteiger partial charge on any atom is -0.334 e. The molecule has 0 radical (unpaired) electrons. The van der Waals surface area contributed by atoms with Crippen LogP contribution in [0.2, 0.25) is 0 Å². The van der Waals surface area contributed by atoms with Crippen LogP contribution in [0.15, 0.2) is 41.3 Å². The van der Waals surface area contributed by atoms with Crippen LogP contribution in [0.4, 0.5) is 4.39 Å². The monoisotopic (exact) mass is 356 g/mol. The molecular formula is C19H21FN4O2. The number of aromatic nitrogens is 3. The molecule has 6 nitrogen and oxygen atoms in total. The van der Waals surface area contributed by atoms with E-state index in [2.05, 4.69) is 10.1 Å². The number of rotatable bonds is 6. The van der Waals surface area contributed by atoms with Crippen LogP contribution in [0.5, 0.6) is 0 Å². The first-order valence-corrected chi connectivity index (χ1v) is 8.61. The van der Waals surface area contributed by atoms with E-state index >= 15 is 0 Å². The largest absolute Gasteiger partial charge is 0.334 e. The van der Waals surface area contributed by atoms with Crippen LogP contribution in [-0.2, 0) is 6.54 Å². The summed E-state index contributed by atoms with van der Waals surface area (Å²) in [5, 5.41) is 2.87. The van der Waals surface area contributed by atoms with Crippen LogP contribution < -0.4 is 5.56 Å². The average Bonchev–Trinajstić information content (AvgIpc) is 3.01. The second-order valence-electron chi connectivity index (χ2n) is 6.28. The number of fused-ring (bicyclic) bond motifs is 1. The predicted octanol–water partition coefficient (Wildman–Crippen LogP) is 2.91. The van der Waals surface area contributed by atoms with Crippen LogP contribution in [0.25, 0.3) is 5.65 Å². The number of H-pyrrole nitrogens is 1. The second-order valence-corrected chi connectivity index (χ2v) is 6.28. The Labute approximate surface area is 150 Å². The summed E-state index contributed by atoms with van der Waals surface area (Å²) in [5.74, 6) is -0.812. The zero-order valence-electron chi connectivity index (χ0n) is 14.8. The number of aromatic amines is 1. The summed E-state index contributed by atoms with van der Waals surface area (Å²) >= 11 is 0. The highest BCUT2D eigenvalue weighted by Gasteiger charge is 2.21. The summed E-state index contributed by atoms with van der Waals surface area (Å²) in [6, 6.07) is 8.07. The Balaban J connectivity index is 1.96. The molecule has 136 valence electrons. The summed E-state index contributed by atoms with van der Waals surface area (Å²) in [4.78, 5) is 31.3. The number of unbranched alkanes of at least 4 members (excludes halogenated alkanes) is 1. The van der Waals surface area contributed by atoms with Crippen molar-refractivity contribution >= 4 is 11.6 Å². The molecule has 0 saturated heterocycles. The molecule has 0 aliphatic heterocycles. The highest BCUT2D eigenvalue weighted by Crippen LogP contribution is 2.13. The van der Waals surface area contributed by atoms with Gasteiger partial charge in [0, 0.05) is 36.6 Å². The summed E-state index contributed by atoms with van der Waals surface area (Å²) in [5.41, 5.74) is 1.16. The second kappa shape index (κ2) is 7.51. The van der Waals surface area contributed by atoms with Crippen LogP contribution in [0, 0.1) is 12.7 Å². The van der Waals surface area contributed by atoms with Gasteiger partial charge in [-0.05, 0) is 19.4 Å². The van der Waals surface area contributed by atoms with Crippen molar-refractivity contribution in [2.75, 3.05) is 6.54 Å². The van der Waals surface area contributed by atoms with Crippen LogP contribution >= 0.6 is 0 Å². The number of halogens is 1. The van der Waals surface area contributed by atoms with Gasteiger partial charge < -0.3 is 4.90 Å². The fourth-order valence-corrected chi connectivity index (χ4v) is 2.83. The Bertz CT molecular complexity index is 993. The molecule has 0 fully saturated rings. The van der Waals surface area contributed by atoms with Crippen molar-refractivity contribution in [2.24, 2.45) is 0 Å².